The highest BCUT2D eigenvalue weighted by molar-refractivity contribution is 8.13. The average molecular weight is 566 g/mol. The molecular formula is C24H24ClN3O5S3. The predicted molar refractivity (Wildman–Crippen MR) is 143 cm³/mol. The molecule has 0 heterocycles. The van der Waals surface area contributed by atoms with Crippen molar-refractivity contribution in [3.63, 3.8) is 0 Å². The van der Waals surface area contributed by atoms with Crippen molar-refractivity contribution in [3.8, 4) is 5.75 Å². The molecule has 0 aliphatic rings. The van der Waals surface area contributed by atoms with Crippen LogP contribution >= 0.6 is 35.3 Å². The Morgan fingerprint density at radius 2 is 1.78 bits per heavy atom. The number of rotatable bonds is 10. The molecule has 0 atom stereocenters. The van der Waals surface area contributed by atoms with Crippen LogP contribution in [0.15, 0.2) is 81.4 Å². The molecule has 190 valence electrons. The normalized spacial score (nSPS) is 11.1. The Labute approximate surface area is 223 Å². The van der Waals surface area contributed by atoms with Crippen molar-refractivity contribution in [2.24, 2.45) is 0 Å². The van der Waals surface area contributed by atoms with Gasteiger partial charge in [0.25, 0.3) is 15.9 Å². The fraction of sp³-hybridized carbons (Fsp3) is 0.167. The summed E-state index contributed by atoms with van der Waals surface area (Å²) in [4.78, 5) is 25.9. The molecule has 8 nitrogen and oxygen atoms in total. The number of methoxy groups -OCH3 is 1. The van der Waals surface area contributed by atoms with Crippen molar-refractivity contribution < 1.29 is 22.7 Å². The zero-order chi connectivity index (χ0) is 26.1. The van der Waals surface area contributed by atoms with E-state index in [-0.39, 0.29) is 17.3 Å². The van der Waals surface area contributed by atoms with Gasteiger partial charge in [0.2, 0.25) is 0 Å². The van der Waals surface area contributed by atoms with Gasteiger partial charge in [0.15, 0.2) is 0 Å². The average Bonchev–Trinajstić information content (AvgIpc) is 2.85. The van der Waals surface area contributed by atoms with Crippen LogP contribution in [0.5, 0.6) is 5.75 Å². The molecule has 3 aromatic carbocycles. The van der Waals surface area contributed by atoms with Crippen LogP contribution < -0.4 is 19.5 Å². The van der Waals surface area contributed by atoms with E-state index in [1.165, 1.54) is 38.1 Å². The molecule has 0 fully saturated rings. The van der Waals surface area contributed by atoms with E-state index >= 15 is 0 Å². The summed E-state index contributed by atoms with van der Waals surface area (Å²) in [7, 11) is -1.17. The summed E-state index contributed by atoms with van der Waals surface area (Å²) in [6.07, 6.45) is 0.354. The van der Waals surface area contributed by atoms with E-state index in [0.717, 1.165) is 4.90 Å². The predicted octanol–water partition coefficient (Wildman–Crippen LogP) is 4.74. The van der Waals surface area contributed by atoms with Gasteiger partial charge in [-0.25, -0.2) is 13.1 Å². The number of halogens is 1. The summed E-state index contributed by atoms with van der Waals surface area (Å²) >= 11 is 7.91. The second kappa shape index (κ2) is 13.0. The quantitative estimate of drug-likeness (QED) is 0.302. The van der Waals surface area contributed by atoms with Gasteiger partial charge in [-0.05, 0) is 61.5 Å². The number of hydrogen-bond donors (Lipinski definition) is 3. The lowest BCUT2D eigenvalue weighted by Crippen LogP contribution is -2.29. The highest BCUT2D eigenvalue weighted by Gasteiger charge is 2.23. The summed E-state index contributed by atoms with van der Waals surface area (Å²) in [5.74, 6) is 0.0255. The van der Waals surface area contributed by atoms with Crippen LogP contribution in [-0.2, 0) is 16.4 Å². The van der Waals surface area contributed by atoms with Crippen LogP contribution in [0.25, 0.3) is 0 Å². The minimum atomic E-state index is -4.15. The topological polar surface area (TPSA) is 114 Å². The summed E-state index contributed by atoms with van der Waals surface area (Å²) in [6, 6.07) is 19.1. The van der Waals surface area contributed by atoms with Crippen molar-refractivity contribution in [2.45, 2.75) is 21.1 Å². The Kier molecular flexibility index (Phi) is 10.1. The number of benzene rings is 3. The zero-order valence-electron chi connectivity index (χ0n) is 19.4. The maximum atomic E-state index is 13.1. The number of amides is 2. The minimum Gasteiger partial charge on any atom is -0.496 e. The Morgan fingerprint density at radius 3 is 2.47 bits per heavy atom. The molecule has 3 rings (SSSR count). The molecular weight excluding hydrogens is 542 g/mol. The molecule has 0 aromatic heterocycles. The zero-order valence-corrected chi connectivity index (χ0v) is 22.6. The van der Waals surface area contributed by atoms with Crippen LogP contribution in [0.4, 0.5) is 4.79 Å². The Morgan fingerprint density at radius 1 is 1.03 bits per heavy atom. The van der Waals surface area contributed by atoms with Gasteiger partial charge >= 0.3 is 5.24 Å². The Hall–Kier alpha value is -2.70. The monoisotopic (exact) mass is 565 g/mol. The van der Waals surface area contributed by atoms with Gasteiger partial charge in [-0.15, -0.1) is 0 Å². The molecule has 0 aliphatic carbocycles. The molecule has 0 aliphatic heterocycles. The van der Waals surface area contributed by atoms with Gasteiger partial charge in [-0.2, -0.15) is 0 Å². The lowest BCUT2D eigenvalue weighted by atomic mass is 10.1. The highest BCUT2D eigenvalue weighted by Crippen LogP contribution is 2.33. The number of ether oxygens (including phenoxy) is 1. The second-order valence-electron chi connectivity index (χ2n) is 7.25. The van der Waals surface area contributed by atoms with Gasteiger partial charge in [0.1, 0.15) is 10.6 Å². The third-order valence-electron chi connectivity index (χ3n) is 4.79. The van der Waals surface area contributed by atoms with Crippen molar-refractivity contribution >= 4 is 56.5 Å². The number of nitrogens with one attached hydrogen (secondary N) is 3. The standard InChI is InChI=1S/C24H24ClN3O5S3/c1-26-35-24(30)28-36(31,32)22-14-16(8-11-21(22)34-18-6-4-3-5-7-18)12-13-27-23(29)19-15-17(25)9-10-20(19)33-2/h3-11,14-15,26H,12-13H2,1-2H3,(H,27,29)(H,28,30). The smallest absolute Gasteiger partial charge is 0.307 e. The molecule has 0 saturated heterocycles. The van der Waals surface area contributed by atoms with Crippen molar-refractivity contribution in [2.75, 3.05) is 20.7 Å². The van der Waals surface area contributed by atoms with Gasteiger partial charge in [0, 0.05) is 33.3 Å². The molecule has 3 aromatic rings. The number of hydrogen-bond acceptors (Lipinski definition) is 8. The SMILES string of the molecule is CNSC(=O)NS(=O)(=O)c1cc(CCNC(=O)c2cc(Cl)ccc2OC)ccc1Sc1ccccc1. The second-order valence-corrected chi connectivity index (χ2v) is 11.4. The van der Waals surface area contributed by atoms with Crippen LogP contribution in [0, 0.1) is 0 Å². The summed E-state index contributed by atoms with van der Waals surface area (Å²) in [5, 5.41) is 2.45. The van der Waals surface area contributed by atoms with E-state index in [2.05, 4.69) is 14.8 Å². The first-order chi connectivity index (χ1) is 17.2. The fourth-order valence-corrected chi connectivity index (χ4v) is 6.29. The van der Waals surface area contributed by atoms with Crippen LogP contribution in [-0.4, -0.2) is 40.3 Å². The Bertz CT molecular complexity index is 1340. The number of carbonyl (C=O) groups excluding carboxylic acids is 2. The van der Waals surface area contributed by atoms with Gasteiger partial charge in [0.05, 0.1) is 12.7 Å². The molecule has 12 heteroatoms. The van der Waals surface area contributed by atoms with E-state index in [9.17, 15) is 18.0 Å². The molecule has 36 heavy (non-hydrogen) atoms. The van der Waals surface area contributed by atoms with Gasteiger partial charge in [-0.3, -0.25) is 14.3 Å². The Balaban J connectivity index is 1.81. The lowest BCUT2D eigenvalue weighted by Gasteiger charge is -2.14. The third kappa shape index (κ3) is 7.65. The minimum absolute atomic E-state index is 0.0262. The number of sulfonamides is 1. The molecule has 3 N–H and O–H groups in total. The molecule has 2 amide bonds. The van der Waals surface area contributed by atoms with Crippen molar-refractivity contribution in [1.29, 1.82) is 0 Å². The molecule has 0 spiro atoms. The van der Waals surface area contributed by atoms with E-state index in [4.69, 9.17) is 16.3 Å². The van der Waals surface area contributed by atoms with E-state index in [1.54, 1.807) is 24.3 Å². The van der Waals surface area contributed by atoms with Gasteiger partial charge < -0.3 is 10.1 Å². The van der Waals surface area contributed by atoms with Crippen LogP contribution in [0.3, 0.4) is 0 Å². The lowest BCUT2D eigenvalue weighted by molar-refractivity contribution is 0.0951. The highest BCUT2D eigenvalue weighted by atomic mass is 35.5. The van der Waals surface area contributed by atoms with Gasteiger partial charge in [-0.1, -0.05) is 47.6 Å². The van der Waals surface area contributed by atoms with E-state index < -0.39 is 15.3 Å². The molecule has 0 bridgehead atoms. The van der Waals surface area contributed by atoms with Crippen LogP contribution in [0.2, 0.25) is 5.02 Å². The van der Waals surface area contributed by atoms with Crippen LogP contribution in [0.1, 0.15) is 15.9 Å². The third-order valence-corrected chi connectivity index (χ3v) is 8.23. The van der Waals surface area contributed by atoms with E-state index in [0.29, 0.717) is 45.2 Å². The van der Waals surface area contributed by atoms with Crippen molar-refractivity contribution in [3.05, 3.63) is 82.9 Å². The fourth-order valence-electron chi connectivity index (χ4n) is 3.17. The first-order valence-corrected chi connectivity index (χ1v) is 14.1. The molecule has 0 radical (unpaired) electrons. The number of carbonyl (C=O) groups is 2. The summed E-state index contributed by atoms with van der Waals surface area (Å²) in [6.45, 7) is 0.237. The van der Waals surface area contributed by atoms with Crippen molar-refractivity contribution in [1.82, 2.24) is 14.8 Å². The van der Waals surface area contributed by atoms with E-state index in [1.807, 2.05) is 30.3 Å². The largest absolute Gasteiger partial charge is 0.496 e. The summed E-state index contributed by atoms with van der Waals surface area (Å²) < 4.78 is 36.0. The summed E-state index contributed by atoms with van der Waals surface area (Å²) in [5.41, 5.74) is 0.965. The maximum absolute atomic E-state index is 13.1. The first-order valence-electron chi connectivity index (χ1n) is 10.6. The molecule has 0 unspecified atom stereocenters. The molecule has 0 saturated carbocycles. The first kappa shape index (κ1) is 27.9. The maximum Gasteiger partial charge on any atom is 0.307 e.